The lowest BCUT2D eigenvalue weighted by molar-refractivity contribution is -0.172. The third-order valence-corrected chi connectivity index (χ3v) is 9.99. The minimum absolute atomic E-state index is 0.0325. The summed E-state index contributed by atoms with van der Waals surface area (Å²) < 4.78 is 11.8. The predicted molar refractivity (Wildman–Crippen MR) is 161 cm³/mol. The van der Waals surface area contributed by atoms with E-state index in [1.807, 2.05) is 58.2 Å². The molecule has 224 valence electrons. The first-order valence-electron chi connectivity index (χ1n) is 14.8. The Morgan fingerprint density at radius 2 is 1.74 bits per heavy atom. The lowest BCUT2D eigenvalue weighted by Gasteiger charge is -2.60. The van der Waals surface area contributed by atoms with Gasteiger partial charge in [0, 0.05) is 40.9 Å². The molecule has 0 radical (unpaired) electrons. The smallest absolute Gasteiger partial charge is 0.244 e. The molecular weight excluding hydrogens is 546 g/mol. The number of nitrogens with one attached hydrogen (secondary N) is 1. The van der Waals surface area contributed by atoms with E-state index >= 15 is 0 Å². The Hall–Kier alpha value is -4.05. The lowest BCUT2D eigenvalue weighted by Crippen LogP contribution is -2.69. The van der Waals surface area contributed by atoms with Crippen molar-refractivity contribution in [3.8, 4) is 23.0 Å². The zero-order valence-corrected chi connectivity index (χ0v) is 24.8. The van der Waals surface area contributed by atoms with Crippen LogP contribution < -0.4 is 14.8 Å². The summed E-state index contributed by atoms with van der Waals surface area (Å²) in [5.41, 5.74) is 6.74. The number of benzene rings is 3. The van der Waals surface area contributed by atoms with Gasteiger partial charge in [0.25, 0.3) is 0 Å². The number of phenolic OH excluding ortho intramolecular Hbond substituents is 2. The number of rotatable bonds is 4. The summed E-state index contributed by atoms with van der Waals surface area (Å²) in [5, 5.41) is 38.1. The molecule has 43 heavy (non-hydrogen) atoms. The van der Waals surface area contributed by atoms with Crippen LogP contribution in [-0.2, 0) is 17.6 Å². The van der Waals surface area contributed by atoms with Crippen LogP contribution in [0.25, 0.3) is 6.08 Å². The number of ether oxygens (including phenoxy) is 2. The number of likely N-dealkylation sites (N-methyl/N-ethyl adjacent to an activating group) is 1. The van der Waals surface area contributed by atoms with Gasteiger partial charge >= 0.3 is 0 Å². The topological polar surface area (TPSA) is 115 Å². The maximum absolute atomic E-state index is 13.1. The second-order valence-electron chi connectivity index (χ2n) is 12.2. The predicted octanol–water partition coefficient (Wildman–Crippen LogP) is 3.78. The van der Waals surface area contributed by atoms with Crippen molar-refractivity contribution in [3.63, 3.8) is 0 Å². The molecule has 0 spiro atoms. The molecule has 0 aromatic heterocycles. The highest BCUT2D eigenvalue weighted by Crippen LogP contribution is 2.57. The molecule has 3 aromatic carbocycles. The van der Waals surface area contributed by atoms with Gasteiger partial charge < -0.3 is 30.1 Å². The molecule has 1 unspecified atom stereocenters. The van der Waals surface area contributed by atoms with Crippen LogP contribution >= 0.6 is 0 Å². The number of carbonyl (C=O) groups is 1. The van der Waals surface area contributed by atoms with Crippen LogP contribution in [0.15, 0.2) is 42.5 Å². The average Bonchev–Trinajstić information content (AvgIpc) is 3.49. The van der Waals surface area contributed by atoms with Crippen molar-refractivity contribution < 1.29 is 29.6 Å². The molecule has 4 N–H and O–H groups in total. The standard InChI is InChI=1S/C34H37N3O6/c1-17-12-21-13-24-34(41)37-23(29(36(24)4)27(21)31(40)18(17)2)14-22-28(33-32(42-16-43-33)19(3)30(22)39)25(37)15-35-26(38)11-10-20-8-6-5-7-9-20/h5-12,23-25,29,34,39-41H,13-16H2,1-4H3,(H,35,38)/b11-10+/t23?,24-,25+,29+,34+/m1/s1. The average molecular weight is 584 g/mol. The first kappa shape index (κ1) is 27.8. The Labute approximate surface area is 251 Å². The van der Waals surface area contributed by atoms with Crippen molar-refractivity contribution in [1.29, 1.82) is 0 Å². The Morgan fingerprint density at radius 1 is 1.00 bits per heavy atom. The van der Waals surface area contributed by atoms with Crippen LogP contribution in [0.5, 0.6) is 23.0 Å². The zero-order valence-electron chi connectivity index (χ0n) is 24.8. The number of amides is 1. The fourth-order valence-corrected chi connectivity index (χ4v) is 7.71. The number of phenols is 2. The highest BCUT2D eigenvalue weighted by Gasteiger charge is 2.56. The number of carbonyl (C=O) groups excluding carboxylic acids is 1. The molecule has 2 bridgehead atoms. The number of aliphatic hydroxyl groups is 1. The highest BCUT2D eigenvalue weighted by atomic mass is 16.7. The quantitative estimate of drug-likeness (QED) is 0.343. The summed E-state index contributed by atoms with van der Waals surface area (Å²) in [6, 6.07) is 10.4. The highest BCUT2D eigenvalue weighted by molar-refractivity contribution is 5.91. The molecular formula is C34H37N3O6. The second-order valence-corrected chi connectivity index (χ2v) is 12.2. The second kappa shape index (κ2) is 10.3. The molecule has 4 aliphatic rings. The van der Waals surface area contributed by atoms with Gasteiger partial charge in [0.2, 0.25) is 12.7 Å². The van der Waals surface area contributed by atoms with E-state index in [1.54, 1.807) is 6.08 Å². The van der Waals surface area contributed by atoms with Gasteiger partial charge in [-0.05, 0) is 69.0 Å². The molecule has 9 heteroatoms. The largest absolute Gasteiger partial charge is 0.507 e. The van der Waals surface area contributed by atoms with Gasteiger partial charge in [-0.3, -0.25) is 14.6 Å². The van der Waals surface area contributed by atoms with Gasteiger partial charge in [0.05, 0.1) is 18.1 Å². The van der Waals surface area contributed by atoms with Gasteiger partial charge in [-0.2, -0.15) is 0 Å². The molecule has 4 heterocycles. The summed E-state index contributed by atoms with van der Waals surface area (Å²) in [4.78, 5) is 17.3. The molecule has 9 nitrogen and oxygen atoms in total. The normalized spacial score (nSPS) is 25.7. The number of aliphatic hydroxyl groups excluding tert-OH is 1. The summed E-state index contributed by atoms with van der Waals surface area (Å²) in [6.45, 7) is 5.94. The number of fused-ring (bicyclic) bond motifs is 9. The molecule has 7 rings (SSSR count). The molecule has 4 aliphatic heterocycles. The Balaban J connectivity index is 1.33. The summed E-state index contributed by atoms with van der Waals surface area (Å²) in [7, 11) is 2.00. The van der Waals surface area contributed by atoms with E-state index in [-0.39, 0.29) is 48.9 Å². The van der Waals surface area contributed by atoms with Gasteiger partial charge in [-0.15, -0.1) is 0 Å². The minimum Gasteiger partial charge on any atom is -0.507 e. The molecule has 1 amide bonds. The number of aromatic hydroxyl groups is 2. The lowest BCUT2D eigenvalue weighted by atomic mass is 9.73. The van der Waals surface area contributed by atoms with Crippen LogP contribution in [0.3, 0.4) is 0 Å². The summed E-state index contributed by atoms with van der Waals surface area (Å²) in [6.07, 6.45) is 3.38. The third kappa shape index (κ3) is 4.21. The van der Waals surface area contributed by atoms with Crippen LogP contribution in [-0.4, -0.2) is 69.7 Å². The van der Waals surface area contributed by atoms with E-state index in [2.05, 4.69) is 21.2 Å². The minimum atomic E-state index is -0.875. The van der Waals surface area contributed by atoms with E-state index in [0.717, 1.165) is 38.9 Å². The molecule has 1 fully saturated rings. The van der Waals surface area contributed by atoms with Gasteiger partial charge in [-0.1, -0.05) is 36.4 Å². The zero-order chi connectivity index (χ0) is 30.2. The van der Waals surface area contributed by atoms with Crippen molar-refractivity contribution in [3.05, 3.63) is 87.0 Å². The number of piperazine rings is 1. The van der Waals surface area contributed by atoms with Crippen LogP contribution in [0.2, 0.25) is 0 Å². The number of nitrogens with zero attached hydrogens (tertiary/aromatic N) is 2. The van der Waals surface area contributed by atoms with E-state index in [4.69, 9.17) is 9.47 Å². The summed E-state index contributed by atoms with van der Waals surface area (Å²) >= 11 is 0. The van der Waals surface area contributed by atoms with Crippen LogP contribution in [0, 0.1) is 20.8 Å². The van der Waals surface area contributed by atoms with Crippen molar-refractivity contribution in [2.24, 2.45) is 0 Å². The van der Waals surface area contributed by atoms with E-state index < -0.39 is 12.3 Å². The van der Waals surface area contributed by atoms with Crippen LogP contribution in [0.4, 0.5) is 0 Å². The molecule has 0 saturated carbocycles. The van der Waals surface area contributed by atoms with Crippen molar-refractivity contribution >= 4 is 12.0 Å². The summed E-state index contributed by atoms with van der Waals surface area (Å²) in [5.74, 6) is 1.20. The van der Waals surface area contributed by atoms with Gasteiger partial charge in [-0.25, -0.2) is 0 Å². The fourth-order valence-electron chi connectivity index (χ4n) is 7.71. The van der Waals surface area contributed by atoms with Crippen molar-refractivity contribution in [1.82, 2.24) is 15.1 Å². The number of hydrogen-bond donors (Lipinski definition) is 4. The number of hydrogen-bond acceptors (Lipinski definition) is 8. The van der Waals surface area contributed by atoms with Crippen molar-refractivity contribution in [2.45, 2.75) is 64.0 Å². The monoisotopic (exact) mass is 583 g/mol. The van der Waals surface area contributed by atoms with E-state index in [9.17, 15) is 20.1 Å². The molecule has 5 atom stereocenters. The molecule has 3 aromatic rings. The molecule has 0 aliphatic carbocycles. The number of aryl methyl sites for hydroxylation is 1. The van der Waals surface area contributed by atoms with Crippen molar-refractivity contribution in [2.75, 3.05) is 20.4 Å². The Kier molecular flexibility index (Phi) is 6.65. The van der Waals surface area contributed by atoms with Gasteiger partial charge in [0.1, 0.15) is 17.7 Å². The SMILES string of the molecule is Cc1cc2c(c(O)c1C)[C@@H]1C3Cc4c(O)c(C)c5c(c4[C@H](CNC(=O)/C=C/c4ccccc4)N3[C@@H](O)[C@@H](C2)N1C)OCO5. The first-order valence-corrected chi connectivity index (χ1v) is 14.8. The third-order valence-electron chi connectivity index (χ3n) is 9.99. The fraction of sp³-hybridized carbons (Fsp3) is 0.382. The maximum Gasteiger partial charge on any atom is 0.244 e. The Bertz CT molecular complexity index is 1650. The molecule has 1 saturated heterocycles. The van der Waals surface area contributed by atoms with Gasteiger partial charge in [0.15, 0.2) is 11.5 Å². The van der Waals surface area contributed by atoms with Crippen LogP contribution in [0.1, 0.15) is 56.6 Å². The first-order chi connectivity index (χ1) is 20.7. The van der Waals surface area contributed by atoms with E-state index in [0.29, 0.717) is 29.9 Å². The Morgan fingerprint density at radius 3 is 2.51 bits per heavy atom. The van der Waals surface area contributed by atoms with E-state index in [1.165, 1.54) is 6.08 Å². The maximum atomic E-state index is 13.1.